The van der Waals surface area contributed by atoms with Gasteiger partial charge in [0.05, 0.1) is 11.9 Å². The van der Waals surface area contributed by atoms with Crippen molar-refractivity contribution in [2.75, 3.05) is 49.3 Å². The quantitative estimate of drug-likeness (QED) is 0.664. The number of hydrogen-bond acceptors (Lipinski definition) is 5. The van der Waals surface area contributed by atoms with Crippen LogP contribution in [0.15, 0.2) is 36.5 Å². The molecule has 1 aromatic heterocycles. The van der Waals surface area contributed by atoms with Gasteiger partial charge in [0.15, 0.2) is 0 Å². The number of piperidine rings is 1. The smallest absolute Gasteiger partial charge is 0.257 e. The SMILES string of the molecule is CN(C)C1CCN(c2ccc(NC(=O)c3cccc4c3CCCN4)nc2)CC1.Cl.Cl.Cl. The Kier molecular flexibility index (Phi) is 10.9. The molecule has 0 bridgehead atoms. The van der Waals surface area contributed by atoms with Crippen LogP contribution in [0, 0.1) is 0 Å². The van der Waals surface area contributed by atoms with E-state index in [0.29, 0.717) is 11.9 Å². The third kappa shape index (κ3) is 6.39. The zero-order valence-electron chi connectivity index (χ0n) is 18.0. The van der Waals surface area contributed by atoms with Crippen molar-refractivity contribution >= 4 is 60.3 Å². The van der Waals surface area contributed by atoms with Crippen molar-refractivity contribution in [2.45, 2.75) is 31.7 Å². The number of pyridine rings is 1. The Bertz CT molecular complexity index is 840. The Morgan fingerprint density at radius 1 is 1.13 bits per heavy atom. The number of hydrogen-bond donors (Lipinski definition) is 2. The largest absolute Gasteiger partial charge is 0.385 e. The highest BCUT2D eigenvalue weighted by Gasteiger charge is 2.21. The van der Waals surface area contributed by atoms with Crippen LogP contribution in [0.25, 0.3) is 0 Å². The molecule has 9 heteroatoms. The number of aromatic nitrogens is 1. The van der Waals surface area contributed by atoms with Crippen LogP contribution >= 0.6 is 37.2 Å². The molecule has 1 amide bonds. The first-order valence-corrected chi connectivity index (χ1v) is 10.2. The monoisotopic (exact) mass is 487 g/mol. The average Bonchev–Trinajstić information content (AvgIpc) is 2.74. The maximum Gasteiger partial charge on any atom is 0.257 e. The van der Waals surface area contributed by atoms with Gasteiger partial charge < -0.3 is 20.4 Å². The van der Waals surface area contributed by atoms with E-state index in [-0.39, 0.29) is 43.1 Å². The van der Waals surface area contributed by atoms with Gasteiger partial charge >= 0.3 is 0 Å². The molecule has 0 unspecified atom stereocenters. The van der Waals surface area contributed by atoms with E-state index in [1.54, 1.807) is 0 Å². The number of anilines is 3. The maximum atomic E-state index is 12.8. The average molecular weight is 489 g/mol. The Labute approximate surface area is 203 Å². The molecule has 0 radical (unpaired) electrons. The molecule has 1 fully saturated rings. The van der Waals surface area contributed by atoms with Crippen molar-refractivity contribution in [3.63, 3.8) is 0 Å². The van der Waals surface area contributed by atoms with E-state index in [1.807, 2.05) is 30.5 Å². The molecule has 0 saturated carbocycles. The van der Waals surface area contributed by atoms with Gasteiger partial charge in [-0.3, -0.25) is 4.79 Å². The van der Waals surface area contributed by atoms with Gasteiger partial charge in [-0.25, -0.2) is 4.98 Å². The first kappa shape index (κ1) is 27.3. The second kappa shape index (κ2) is 12.3. The first-order valence-electron chi connectivity index (χ1n) is 10.2. The minimum Gasteiger partial charge on any atom is -0.385 e. The molecule has 1 aromatic carbocycles. The highest BCUT2D eigenvalue weighted by molar-refractivity contribution is 6.05. The lowest BCUT2D eigenvalue weighted by atomic mass is 9.97. The number of rotatable bonds is 4. The van der Waals surface area contributed by atoms with E-state index < -0.39 is 0 Å². The van der Waals surface area contributed by atoms with Crippen LogP contribution in [0.4, 0.5) is 17.2 Å². The molecule has 31 heavy (non-hydrogen) atoms. The van der Waals surface area contributed by atoms with Crippen LogP contribution in [0.5, 0.6) is 0 Å². The van der Waals surface area contributed by atoms with Gasteiger partial charge in [0.1, 0.15) is 5.82 Å². The molecule has 0 atom stereocenters. The third-order valence-corrected chi connectivity index (χ3v) is 5.89. The fourth-order valence-corrected chi connectivity index (χ4v) is 4.19. The van der Waals surface area contributed by atoms with Crippen LogP contribution in [0.1, 0.15) is 35.2 Å². The van der Waals surface area contributed by atoms with E-state index in [2.05, 4.69) is 45.6 Å². The Morgan fingerprint density at radius 2 is 1.87 bits per heavy atom. The van der Waals surface area contributed by atoms with E-state index >= 15 is 0 Å². The molecule has 3 heterocycles. The number of benzene rings is 1. The predicted molar refractivity (Wildman–Crippen MR) is 136 cm³/mol. The fourth-order valence-electron chi connectivity index (χ4n) is 4.19. The molecule has 172 valence electrons. The summed E-state index contributed by atoms with van der Waals surface area (Å²) in [5.41, 5.74) is 4.03. The number of nitrogens with zero attached hydrogens (tertiary/aromatic N) is 3. The summed E-state index contributed by atoms with van der Waals surface area (Å²) in [4.78, 5) is 21.9. The van der Waals surface area contributed by atoms with E-state index in [4.69, 9.17) is 0 Å². The van der Waals surface area contributed by atoms with Crippen molar-refractivity contribution < 1.29 is 4.79 Å². The van der Waals surface area contributed by atoms with Gasteiger partial charge in [0.25, 0.3) is 5.91 Å². The van der Waals surface area contributed by atoms with Crippen molar-refractivity contribution in [3.8, 4) is 0 Å². The Morgan fingerprint density at radius 3 is 2.52 bits per heavy atom. The summed E-state index contributed by atoms with van der Waals surface area (Å²) < 4.78 is 0. The maximum absolute atomic E-state index is 12.8. The van der Waals surface area contributed by atoms with E-state index in [0.717, 1.165) is 55.0 Å². The molecule has 6 nitrogen and oxygen atoms in total. The summed E-state index contributed by atoms with van der Waals surface area (Å²) in [6.07, 6.45) is 6.18. The lowest BCUT2D eigenvalue weighted by Crippen LogP contribution is -2.42. The number of nitrogens with one attached hydrogen (secondary N) is 2. The normalized spacial score (nSPS) is 15.5. The number of carbonyl (C=O) groups excluding carboxylic acids is 1. The van der Waals surface area contributed by atoms with Gasteiger partial charge in [-0.05, 0) is 69.6 Å². The summed E-state index contributed by atoms with van der Waals surface area (Å²) in [5, 5.41) is 6.33. The fraction of sp³-hybridized carbons (Fsp3) is 0.455. The van der Waals surface area contributed by atoms with Crippen molar-refractivity contribution in [1.82, 2.24) is 9.88 Å². The van der Waals surface area contributed by atoms with Crippen molar-refractivity contribution in [2.24, 2.45) is 0 Å². The van der Waals surface area contributed by atoms with Crippen molar-refractivity contribution in [1.29, 1.82) is 0 Å². The summed E-state index contributed by atoms with van der Waals surface area (Å²) >= 11 is 0. The van der Waals surface area contributed by atoms with Crippen LogP contribution in [-0.4, -0.2) is 55.6 Å². The summed E-state index contributed by atoms with van der Waals surface area (Å²) in [6, 6.07) is 10.5. The molecule has 0 spiro atoms. The van der Waals surface area contributed by atoms with Gasteiger partial charge in [-0.2, -0.15) is 0 Å². The van der Waals surface area contributed by atoms with E-state index in [1.165, 1.54) is 12.8 Å². The Hall–Kier alpha value is -1.73. The second-order valence-electron chi connectivity index (χ2n) is 7.90. The topological polar surface area (TPSA) is 60.5 Å². The Balaban J connectivity index is 0.00000160. The summed E-state index contributed by atoms with van der Waals surface area (Å²) in [5.74, 6) is 0.505. The van der Waals surface area contributed by atoms with Gasteiger partial charge in [-0.1, -0.05) is 6.07 Å². The summed E-state index contributed by atoms with van der Waals surface area (Å²) in [6.45, 7) is 3.05. The lowest BCUT2D eigenvalue weighted by molar-refractivity contribution is 0.102. The molecule has 1 saturated heterocycles. The molecular weight excluding hydrogens is 457 g/mol. The number of fused-ring (bicyclic) bond motifs is 1. The lowest BCUT2D eigenvalue weighted by Gasteiger charge is -2.36. The van der Waals surface area contributed by atoms with E-state index in [9.17, 15) is 4.79 Å². The summed E-state index contributed by atoms with van der Waals surface area (Å²) in [7, 11) is 4.30. The first-order chi connectivity index (χ1) is 13.6. The number of amides is 1. The predicted octanol–water partition coefficient (Wildman–Crippen LogP) is 4.49. The van der Waals surface area contributed by atoms with Gasteiger partial charge in [0, 0.05) is 36.9 Å². The molecule has 2 aliphatic rings. The van der Waals surface area contributed by atoms with Crippen molar-refractivity contribution in [3.05, 3.63) is 47.7 Å². The number of halogens is 3. The minimum absolute atomic E-state index is 0. The zero-order chi connectivity index (χ0) is 19.5. The molecule has 2 N–H and O–H groups in total. The highest BCUT2D eigenvalue weighted by Crippen LogP contribution is 2.26. The molecule has 4 rings (SSSR count). The van der Waals surface area contributed by atoms with Crippen LogP contribution in [-0.2, 0) is 6.42 Å². The highest BCUT2D eigenvalue weighted by atomic mass is 35.5. The zero-order valence-corrected chi connectivity index (χ0v) is 20.4. The van der Waals surface area contributed by atoms with Crippen LogP contribution < -0.4 is 15.5 Å². The van der Waals surface area contributed by atoms with Gasteiger partial charge in [-0.15, -0.1) is 37.2 Å². The molecule has 2 aromatic rings. The number of carbonyl (C=O) groups is 1. The van der Waals surface area contributed by atoms with Crippen LogP contribution in [0.2, 0.25) is 0 Å². The molecular formula is C22H32Cl3N5O. The second-order valence-corrected chi connectivity index (χ2v) is 7.90. The van der Waals surface area contributed by atoms with Crippen LogP contribution in [0.3, 0.4) is 0 Å². The standard InChI is InChI=1S/C22H29N5O.3ClH/c1-26(2)16-10-13-27(14-11-16)17-8-9-21(24-15-17)25-22(28)19-5-3-7-20-18(19)6-4-12-23-20;;;/h3,5,7-9,15-16,23H,4,6,10-14H2,1-2H3,(H,24,25,28);3*1H. The molecule has 2 aliphatic heterocycles. The molecule has 0 aliphatic carbocycles. The minimum atomic E-state index is -0.0902. The third-order valence-electron chi connectivity index (χ3n) is 5.89. The van der Waals surface area contributed by atoms with Gasteiger partial charge in [0.2, 0.25) is 0 Å².